The molecular weight excluding hydrogens is 773 g/mol. The molecule has 9 rings (SSSR count). The standard InChI is InChI=1S/C49H38N4O8/c1-25-9-8-16-32(49(60)61)41(25)45-39-23-21-37(52-39)43(27-11-3-6-14-30(27)47(56)57)35-19-17-33(50-35)42(26-10-2-5-13-29(26)46(54)55)34-18-20-36(51-34)44(38-22-24-40(45)53-38)28-12-4-7-15-31(28)48(58)59/h2-8,10-11,13-25,28,34,50-51,53H,9,12H2,1H3,(H,54,55)(H,56,57)(H,58,59)(H,60,61)/b42-33-,43-35-,44-36-,45-39+. The summed E-state index contributed by atoms with van der Waals surface area (Å²) in [7, 11) is 0. The predicted octanol–water partition coefficient (Wildman–Crippen LogP) is 6.38. The molecule has 0 radical (unpaired) electrons. The molecule has 2 aromatic heterocycles. The van der Waals surface area contributed by atoms with E-state index in [1.54, 1.807) is 72.8 Å². The molecule has 5 aliphatic rings. The maximum Gasteiger partial charge on any atom is 0.336 e. The third-order valence-electron chi connectivity index (χ3n) is 11.7. The normalized spacial score (nSPS) is 24.7. The lowest BCUT2D eigenvalue weighted by molar-refractivity contribution is -0.133. The Hall–Kier alpha value is -7.99. The van der Waals surface area contributed by atoms with Crippen LogP contribution in [0, 0.1) is 11.8 Å². The summed E-state index contributed by atoms with van der Waals surface area (Å²) >= 11 is 0. The van der Waals surface area contributed by atoms with Gasteiger partial charge in [0.2, 0.25) is 0 Å². The van der Waals surface area contributed by atoms with Gasteiger partial charge in [-0.3, -0.25) is 0 Å². The van der Waals surface area contributed by atoms with Gasteiger partial charge in [0, 0.05) is 67.1 Å². The van der Waals surface area contributed by atoms with Crippen molar-refractivity contribution in [1.29, 1.82) is 0 Å². The Balaban J connectivity index is 1.43. The topological polar surface area (TPSA) is 205 Å². The van der Waals surface area contributed by atoms with Crippen molar-refractivity contribution >= 4 is 51.9 Å². The van der Waals surface area contributed by atoms with E-state index in [1.807, 2.05) is 49.4 Å². The van der Waals surface area contributed by atoms with Gasteiger partial charge in [-0.1, -0.05) is 79.8 Å². The van der Waals surface area contributed by atoms with Crippen molar-refractivity contribution in [3.8, 4) is 0 Å². The van der Waals surface area contributed by atoms with Crippen LogP contribution in [0.2, 0.25) is 0 Å². The molecule has 12 heteroatoms. The summed E-state index contributed by atoms with van der Waals surface area (Å²) in [6, 6.07) is 20.0. The molecule has 2 aromatic carbocycles. The van der Waals surface area contributed by atoms with Gasteiger partial charge in [-0.25, -0.2) is 24.2 Å². The number of nitrogens with one attached hydrogen (secondary N) is 3. The molecule has 0 saturated heterocycles. The average molecular weight is 811 g/mol. The maximum atomic E-state index is 12.9. The lowest BCUT2D eigenvalue weighted by Crippen LogP contribution is -2.31. The number of H-pyrrole nitrogens is 2. The molecule has 0 spiro atoms. The number of fused-ring (bicyclic) bond motifs is 7. The van der Waals surface area contributed by atoms with Crippen LogP contribution in [0.1, 0.15) is 63.0 Å². The second-order valence-corrected chi connectivity index (χ2v) is 15.3. The van der Waals surface area contributed by atoms with Crippen LogP contribution in [0.15, 0.2) is 161 Å². The number of nitrogens with zero attached hydrogens (tertiary/aromatic N) is 1. The fourth-order valence-electron chi connectivity index (χ4n) is 9.02. The Bertz CT molecular complexity index is 3050. The van der Waals surface area contributed by atoms with Crippen molar-refractivity contribution < 1.29 is 39.6 Å². The van der Waals surface area contributed by atoms with Gasteiger partial charge in [-0.15, -0.1) is 0 Å². The van der Waals surface area contributed by atoms with Crippen molar-refractivity contribution in [3.63, 3.8) is 0 Å². The van der Waals surface area contributed by atoms with E-state index in [1.165, 1.54) is 12.1 Å². The monoisotopic (exact) mass is 810 g/mol. The summed E-state index contributed by atoms with van der Waals surface area (Å²) in [6.07, 6.45) is 17.0. The number of rotatable bonds is 8. The zero-order chi connectivity index (χ0) is 42.5. The van der Waals surface area contributed by atoms with Gasteiger partial charge in [-0.2, -0.15) is 0 Å². The molecule has 3 unspecified atom stereocenters. The molecule has 61 heavy (non-hydrogen) atoms. The van der Waals surface area contributed by atoms with Crippen LogP contribution in [0.25, 0.3) is 22.3 Å². The Morgan fingerprint density at radius 3 is 2.08 bits per heavy atom. The molecule has 4 aromatic rings. The molecule has 2 aliphatic carbocycles. The Labute approximate surface area is 348 Å². The van der Waals surface area contributed by atoms with Crippen LogP contribution in [0.4, 0.5) is 0 Å². The fourth-order valence-corrected chi connectivity index (χ4v) is 9.02. The highest BCUT2D eigenvalue weighted by atomic mass is 16.4. The van der Waals surface area contributed by atoms with Gasteiger partial charge in [0.15, 0.2) is 0 Å². The fraction of sp³-hybridized carbons (Fsp3) is 0.122. The molecule has 0 saturated carbocycles. The van der Waals surface area contributed by atoms with E-state index in [-0.39, 0.29) is 28.2 Å². The highest BCUT2D eigenvalue weighted by Gasteiger charge is 2.34. The molecule has 302 valence electrons. The van der Waals surface area contributed by atoms with Gasteiger partial charge in [-0.05, 0) is 84.5 Å². The van der Waals surface area contributed by atoms with E-state index in [4.69, 9.17) is 4.99 Å². The van der Waals surface area contributed by atoms with Crippen molar-refractivity contribution in [2.75, 3.05) is 0 Å². The van der Waals surface area contributed by atoms with Crippen LogP contribution in [0.5, 0.6) is 0 Å². The molecule has 3 aliphatic heterocycles. The van der Waals surface area contributed by atoms with Gasteiger partial charge in [0.25, 0.3) is 0 Å². The number of aromatic amines is 2. The molecular formula is C49H38N4O8. The Kier molecular flexibility index (Phi) is 9.67. The summed E-state index contributed by atoms with van der Waals surface area (Å²) < 4.78 is 0. The van der Waals surface area contributed by atoms with Crippen LogP contribution in [0.3, 0.4) is 0 Å². The first-order valence-corrected chi connectivity index (χ1v) is 19.7. The molecule has 8 bridgehead atoms. The van der Waals surface area contributed by atoms with Crippen molar-refractivity contribution in [1.82, 2.24) is 15.3 Å². The summed E-state index contributed by atoms with van der Waals surface area (Å²) in [4.78, 5) is 63.5. The second-order valence-electron chi connectivity index (χ2n) is 15.3. The number of benzene rings is 2. The number of carbonyl (C=O) groups is 4. The van der Waals surface area contributed by atoms with E-state index in [0.717, 1.165) is 0 Å². The summed E-state index contributed by atoms with van der Waals surface area (Å²) in [5.74, 6) is -5.31. The van der Waals surface area contributed by atoms with Gasteiger partial charge in [0.1, 0.15) is 0 Å². The number of hydrogen-bond donors (Lipinski definition) is 7. The first-order valence-electron chi connectivity index (χ1n) is 19.7. The lowest BCUT2D eigenvalue weighted by Gasteiger charge is -2.26. The number of aromatic carboxylic acids is 2. The molecule has 12 nitrogen and oxygen atoms in total. The summed E-state index contributed by atoms with van der Waals surface area (Å²) in [5, 5.41) is 46.5. The highest BCUT2D eigenvalue weighted by Crippen LogP contribution is 2.43. The van der Waals surface area contributed by atoms with E-state index in [0.29, 0.717) is 91.0 Å². The van der Waals surface area contributed by atoms with E-state index in [2.05, 4.69) is 15.3 Å². The largest absolute Gasteiger partial charge is 0.478 e. The molecule has 0 fully saturated rings. The first kappa shape index (κ1) is 38.5. The molecule has 7 N–H and O–H groups in total. The van der Waals surface area contributed by atoms with Gasteiger partial charge >= 0.3 is 23.9 Å². The Morgan fingerprint density at radius 1 is 0.639 bits per heavy atom. The quantitative estimate of drug-likeness (QED) is 0.105. The number of aliphatic carboxylic acids is 2. The minimum Gasteiger partial charge on any atom is -0.478 e. The predicted molar refractivity (Wildman–Crippen MR) is 230 cm³/mol. The van der Waals surface area contributed by atoms with Crippen LogP contribution >= 0.6 is 0 Å². The van der Waals surface area contributed by atoms with E-state index >= 15 is 0 Å². The van der Waals surface area contributed by atoms with E-state index in [9.17, 15) is 39.6 Å². The summed E-state index contributed by atoms with van der Waals surface area (Å²) in [6.45, 7) is 1.96. The molecule has 3 atom stereocenters. The number of hydrogen-bond acceptors (Lipinski definition) is 6. The van der Waals surface area contributed by atoms with E-state index < -0.39 is 35.8 Å². The van der Waals surface area contributed by atoms with Crippen LogP contribution in [-0.4, -0.2) is 66.0 Å². The lowest BCUT2D eigenvalue weighted by atomic mass is 9.81. The number of aromatic nitrogens is 2. The average Bonchev–Trinajstić information content (AvgIpc) is 4.10. The third-order valence-corrected chi connectivity index (χ3v) is 11.7. The maximum absolute atomic E-state index is 12.9. The van der Waals surface area contributed by atoms with Crippen LogP contribution < -0.4 is 16.0 Å². The number of carboxylic acids is 4. The number of allylic oxidation sites excluding steroid dienone is 10. The zero-order valence-electron chi connectivity index (χ0n) is 32.6. The number of aliphatic imine (C=N–C) groups is 1. The smallest absolute Gasteiger partial charge is 0.336 e. The van der Waals surface area contributed by atoms with Crippen molar-refractivity contribution in [2.45, 2.75) is 25.8 Å². The highest BCUT2D eigenvalue weighted by molar-refractivity contribution is 6.31. The van der Waals surface area contributed by atoms with Gasteiger partial charge < -0.3 is 35.7 Å². The minimum atomic E-state index is -1.15. The van der Waals surface area contributed by atoms with Crippen LogP contribution in [-0.2, 0) is 9.59 Å². The zero-order valence-corrected chi connectivity index (χ0v) is 32.6. The summed E-state index contributed by atoms with van der Waals surface area (Å²) in [5.41, 5.74) is 6.55. The SMILES string of the molecule is CC1CC=CC(C(=O)O)=C1/C1=C2\C=CC(=N2)/C(c2ccccc2C(=O)O)=c2/cc/c([nH]2)=C(\c2ccccc2C(=O)O)C2C=C/C(=C(\C3CC=CC=C3C(=O)O)c3ccc1[nH]3)N2. The Morgan fingerprint density at radius 2 is 1.34 bits per heavy atom. The van der Waals surface area contributed by atoms with Crippen molar-refractivity contribution in [2.24, 2.45) is 16.8 Å². The molecule has 5 heterocycles. The third kappa shape index (κ3) is 6.73. The molecule has 0 amide bonds. The number of carboxylic acid groups (broad SMARTS) is 4. The first-order chi connectivity index (χ1) is 29.5. The van der Waals surface area contributed by atoms with Crippen molar-refractivity contribution in [3.05, 3.63) is 200 Å². The van der Waals surface area contributed by atoms with Gasteiger partial charge in [0.05, 0.1) is 34.2 Å². The minimum absolute atomic E-state index is 0.0307. The second kappa shape index (κ2) is 15.3.